The summed E-state index contributed by atoms with van der Waals surface area (Å²) in [6.07, 6.45) is 4.21. The van der Waals surface area contributed by atoms with E-state index in [0.717, 1.165) is 19.5 Å². The molecule has 0 spiro atoms. The molecule has 3 heterocycles. The highest BCUT2D eigenvalue weighted by atomic mass is 35.5. The van der Waals surface area contributed by atoms with Crippen molar-refractivity contribution in [1.82, 2.24) is 19.9 Å². The minimum atomic E-state index is -0.726. The summed E-state index contributed by atoms with van der Waals surface area (Å²) < 4.78 is 15.2. The zero-order valence-corrected chi connectivity index (χ0v) is 16.8. The average Bonchev–Trinajstić information content (AvgIpc) is 3.25. The second-order valence-electron chi connectivity index (χ2n) is 7.13. The van der Waals surface area contributed by atoms with Crippen LogP contribution < -0.4 is 16.2 Å². The van der Waals surface area contributed by atoms with Gasteiger partial charge >= 0.3 is 0 Å². The molecule has 1 aromatic carbocycles. The zero-order valence-electron chi connectivity index (χ0n) is 16.1. The van der Waals surface area contributed by atoms with E-state index in [-0.39, 0.29) is 23.2 Å². The fourth-order valence-electron chi connectivity index (χ4n) is 3.53. The van der Waals surface area contributed by atoms with Crippen molar-refractivity contribution in [1.29, 1.82) is 0 Å². The molecule has 3 N–H and O–H groups in total. The van der Waals surface area contributed by atoms with E-state index >= 15 is 0 Å². The third-order valence-corrected chi connectivity index (χ3v) is 5.44. The van der Waals surface area contributed by atoms with Crippen LogP contribution in [0.5, 0.6) is 0 Å². The third kappa shape index (κ3) is 4.35. The Labute approximate surface area is 177 Å². The summed E-state index contributed by atoms with van der Waals surface area (Å²) in [6.45, 7) is 1.45. The Balaban J connectivity index is 1.61. The van der Waals surface area contributed by atoms with Gasteiger partial charge in [0.2, 0.25) is 5.95 Å². The van der Waals surface area contributed by atoms with Gasteiger partial charge in [0.15, 0.2) is 0 Å². The Bertz CT molecular complexity index is 1100. The van der Waals surface area contributed by atoms with Gasteiger partial charge in [-0.25, -0.2) is 14.4 Å². The lowest BCUT2D eigenvalue weighted by atomic mass is 10.1. The van der Waals surface area contributed by atoms with Gasteiger partial charge in [-0.05, 0) is 42.8 Å². The average molecular weight is 430 g/mol. The van der Waals surface area contributed by atoms with Gasteiger partial charge < -0.3 is 20.3 Å². The van der Waals surface area contributed by atoms with Crippen LogP contribution in [0, 0.1) is 5.82 Å². The second kappa shape index (κ2) is 8.91. The van der Waals surface area contributed by atoms with Gasteiger partial charge in [-0.3, -0.25) is 4.79 Å². The summed E-state index contributed by atoms with van der Waals surface area (Å²) in [5.41, 5.74) is 1.36. The van der Waals surface area contributed by atoms with E-state index in [1.54, 1.807) is 30.6 Å². The molecule has 1 fully saturated rings. The quantitative estimate of drug-likeness (QED) is 0.557. The lowest BCUT2D eigenvalue weighted by Crippen LogP contribution is -2.27. The van der Waals surface area contributed by atoms with E-state index < -0.39 is 11.9 Å². The first kappa shape index (κ1) is 20.5. The van der Waals surface area contributed by atoms with Crippen molar-refractivity contribution in [2.24, 2.45) is 0 Å². The van der Waals surface area contributed by atoms with E-state index in [1.165, 1.54) is 22.8 Å². The van der Waals surface area contributed by atoms with Crippen molar-refractivity contribution in [3.8, 4) is 11.3 Å². The largest absolute Gasteiger partial charge is 0.394 e. The van der Waals surface area contributed by atoms with Crippen molar-refractivity contribution >= 4 is 17.5 Å². The highest BCUT2D eigenvalue weighted by molar-refractivity contribution is 6.30. The summed E-state index contributed by atoms with van der Waals surface area (Å²) in [7, 11) is 0. The summed E-state index contributed by atoms with van der Waals surface area (Å²) in [5, 5.41) is 16.4. The molecule has 1 unspecified atom stereocenters. The van der Waals surface area contributed by atoms with Gasteiger partial charge in [-0.15, -0.1) is 0 Å². The topological polar surface area (TPSA) is 92.1 Å². The number of rotatable bonds is 6. The molecule has 2 atom stereocenters. The molecule has 156 valence electrons. The molecule has 0 radical (unpaired) electrons. The number of aromatic nitrogens is 3. The number of nitrogens with one attached hydrogen (secondary N) is 2. The van der Waals surface area contributed by atoms with Crippen LogP contribution in [0.4, 0.5) is 10.3 Å². The van der Waals surface area contributed by atoms with Crippen LogP contribution in [0.2, 0.25) is 5.02 Å². The fraction of sp³-hybridized carbons (Fsp3) is 0.286. The highest BCUT2D eigenvalue weighted by Crippen LogP contribution is 2.23. The highest BCUT2D eigenvalue weighted by Gasteiger charge is 2.18. The van der Waals surface area contributed by atoms with Crippen molar-refractivity contribution in [2.75, 3.05) is 25.0 Å². The number of halogens is 2. The van der Waals surface area contributed by atoms with Gasteiger partial charge in [-0.1, -0.05) is 17.7 Å². The van der Waals surface area contributed by atoms with Gasteiger partial charge in [0, 0.05) is 36.6 Å². The van der Waals surface area contributed by atoms with Crippen LogP contribution in [0.1, 0.15) is 18.0 Å². The molecule has 0 amide bonds. The number of aliphatic hydroxyl groups is 1. The molecule has 0 aliphatic carbocycles. The summed E-state index contributed by atoms with van der Waals surface area (Å²) >= 11 is 5.73. The SMILES string of the molecule is O=c1cc(-c2ccnc(NC3CCNC3)n2)ccn1[C@H](CO)c1ccc(Cl)c(F)c1. The standard InChI is InChI=1S/C21H21ClFN5O2/c22-16-2-1-14(9-17(16)23)19(12-29)28-8-5-13(10-20(28)30)18-4-7-25-21(27-18)26-15-3-6-24-11-15/h1-2,4-5,7-10,15,19,24,29H,3,6,11-12H2,(H,25,26,27)/t15?,19-/m1/s1. The molecule has 0 saturated carbocycles. The number of aliphatic hydroxyl groups excluding tert-OH is 1. The van der Waals surface area contributed by atoms with Crippen LogP contribution in [0.25, 0.3) is 11.3 Å². The minimum Gasteiger partial charge on any atom is -0.394 e. The zero-order chi connectivity index (χ0) is 21.1. The Kier molecular flexibility index (Phi) is 6.08. The third-order valence-electron chi connectivity index (χ3n) is 5.13. The van der Waals surface area contributed by atoms with Crippen LogP contribution in [0.3, 0.4) is 0 Å². The molecule has 1 saturated heterocycles. The number of hydrogen-bond acceptors (Lipinski definition) is 6. The first-order chi connectivity index (χ1) is 14.5. The Hall–Kier alpha value is -2.81. The van der Waals surface area contributed by atoms with E-state index in [9.17, 15) is 14.3 Å². The van der Waals surface area contributed by atoms with Gasteiger partial charge in [0.25, 0.3) is 5.56 Å². The maximum Gasteiger partial charge on any atom is 0.251 e. The molecule has 1 aliphatic rings. The normalized spacial score (nSPS) is 17.1. The summed E-state index contributed by atoms with van der Waals surface area (Å²) in [4.78, 5) is 21.5. The van der Waals surface area contributed by atoms with Crippen molar-refractivity contribution < 1.29 is 9.50 Å². The molecule has 4 rings (SSSR count). The monoisotopic (exact) mass is 429 g/mol. The van der Waals surface area contributed by atoms with Crippen LogP contribution in [0.15, 0.2) is 53.6 Å². The molecule has 0 bridgehead atoms. The first-order valence-corrected chi connectivity index (χ1v) is 10.0. The van der Waals surface area contributed by atoms with Gasteiger partial charge in [-0.2, -0.15) is 0 Å². The number of anilines is 1. The summed E-state index contributed by atoms with van der Waals surface area (Å²) in [6, 6.07) is 8.68. The van der Waals surface area contributed by atoms with Crippen molar-refractivity contribution in [3.63, 3.8) is 0 Å². The first-order valence-electron chi connectivity index (χ1n) is 9.64. The van der Waals surface area contributed by atoms with Crippen LogP contribution >= 0.6 is 11.6 Å². The Morgan fingerprint density at radius 2 is 2.20 bits per heavy atom. The molecule has 1 aliphatic heterocycles. The minimum absolute atomic E-state index is 0.0142. The predicted octanol–water partition coefficient (Wildman–Crippen LogP) is 2.45. The molecular formula is C21H21ClFN5O2. The summed E-state index contributed by atoms with van der Waals surface area (Å²) in [5.74, 6) is -0.0917. The number of hydrogen-bond donors (Lipinski definition) is 3. The second-order valence-corrected chi connectivity index (χ2v) is 7.54. The van der Waals surface area contributed by atoms with E-state index in [2.05, 4.69) is 20.6 Å². The molecule has 2 aromatic heterocycles. The van der Waals surface area contributed by atoms with Crippen molar-refractivity contribution in [3.05, 3.63) is 75.5 Å². The molecule has 7 nitrogen and oxygen atoms in total. The van der Waals surface area contributed by atoms with Gasteiger partial charge in [0.1, 0.15) is 5.82 Å². The lowest BCUT2D eigenvalue weighted by Gasteiger charge is -2.19. The molecular weight excluding hydrogens is 409 g/mol. The van der Waals surface area contributed by atoms with E-state index in [1.807, 2.05) is 0 Å². The molecule has 3 aromatic rings. The lowest BCUT2D eigenvalue weighted by molar-refractivity contribution is 0.247. The Morgan fingerprint density at radius 3 is 2.90 bits per heavy atom. The van der Waals surface area contributed by atoms with E-state index in [0.29, 0.717) is 22.8 Å². The van der Waals surface area contributed by atoms with E-state index in [4.69, 9.17) is 11.6 Å². The Morgan fingerprint density at radius 1 is 1.33 bits per heavy atom. The van der Waals surface area contributed by atoms with Gasteiger partial charge in [0.05, 0.1) is 23.4 Å². The number of pyridine rings is 1. The van der Waals surface area contributed by atoms with Crippen LogP contribution in [-0.2, 0) is 0 Å². The predicted molar refractivity (Wildman–Crippen MR) is 113 cm³/mol. The maximum absolute atomic E-state index is 13.8. The molecule has 9 heteroatoms. The number of benzene rings is 1. The van der Waals surface area contributed by atoms with Crippen molar-refractivity contribution in [2.45, 2.75) is 18.5 Å². The fourth-order valence-corrected chi connectivity index (χ4v) is 3.65. The smallest absolute Gasteiger partial charge is 0.251 e. The maximum atomic E-state index is 13.8. The molecule has 30 heavy (non-hydrogen) atoms. The number of nitrogens with zero attached hydrogens (tertiary/aromatic N) is 3. The van der Waals surface area contributed by atoms with Crippen LogP contribution in [-0.4, -0.2) is 45.4 Å².